The molecule has 0 radical (unpaired) electrons. The van der Waals surface area contributed by atoms with E-state index in [0.29, 0.717) is 34.9 Å². The monoisotopic (exact) mass is 527 g/mol. The van der Waals surface area contributed by atoms with Crippen LogP contribution >= 0.6 is 23.8 Å². The molecule has 0 saturated carbocycles. The molecule has 36 heavy (non-hydrogen) atoms. The molecule has 0 aliphatic carbocycles. The minimum atomic E-state index is -0.572. The lowest BCUT2D eigenvalue weighted by molar-refractivity contribution is 0.0972. The van der Waals surface area contributed by atoms with Crippen molar-refractivity contribution in [3.63, 3.8) is 0 Å². The van der Waals surface area contributed by atoms with E-state index in [9.17, 15) is 14.0 Å². The number of benzene rings is 3. The minimum absolute atomic E-state index is 0.0700. The van der Waals surface area contributed by atoms with E-state index in [4.69, 9.17) is 28.6 Å². The number of unbranched alkanes of at least 4 members (excludes halogenated alkanes) is 3. The predicted molar refractivity (Wildman–Crippen MR) is 146 cm³/mol. The lowest BCUT2D eigenvalue weighted by atomic mass is 10.1. The van der Waals surface area contributed by atoms with Crippen LogP contribution in [-0.2, 0) is 0 Å². The van der Waals surface area contributed by atoms with Crippen LogP contribution in [0.25, 0.3) is 0 Å². The maximum atomic E-state index is 13.3. The summed E-state index contributed by atoms with van der Waals surface area (Å²) in [6.07, 6.45) is 4.28. The van der Waals surface area contributed by atoms with Gasteiger partial charge in [0.2, 0.25) is 0 Å². The number of thiocarbonyl (C=S) groups is 1. The first-order valence-electron chi connectivity index (χ1n) is 11.6. The van der Waals surface area contributed by atoms with Gasteiger partial charge in [-0.2, -0.15) is 0 Å². The first-order valence-corrected chi connectivity index (χ1v) is 12.4. The smallest absolute Gasteiger partial charge is 0.261 e. The molecule has 0 aliphatic rings. The summed E-state index contributed by atoms with van der Waals surface area (Å²) in [6.45, 7) is 2.68. The molecule has 188 valence electrons. The van der Waals surface area contributed by atoms with Crippen molar-refractivity contribution in [2.75, 3.05) is 17.2 Å². The number of amides is 2. The lowest BCUT2D eigenvalue weighted by Crippen LogP contribution is -2.34. The zero-order valence-electron chi connectivity index (χ0n) is 19.8. The molecule has 6 nitrogen and oxygen atoms in total. The normalized spacial score (nSPS) is 10.4. The predicted octanol–water partition coefficient (Wildman–Crippen LogP) is 6.82. The summed E-state index contributed by atoms with van der Waals surface area (Å²) in [7, 11) is 0. The number of carbonyl (C=O) groups is 2. The van der Waals surface area contributed by atoms with Gasteiger partial charge in [-0.05, 0) is 67.2 Å². The largest absolute Gasteiger partial charge is 0.493 e. The van der Waals surface area contributed by atoms with Crippen molar-refractivity contribution in [3.05, 3.63) is 88.7 Å². The second-order valence-electron chi connectivity index (χ2n) is 7.98. The fourth-order valence-electron chi connectivity index (χ4n) is 3.34. The van der Waals surface area contributed by atoms with Crippen molar-refractivity contribution >= 4 is 52.1 Å². The molecule has 3 aromatic rings. The van der Waals surface area contributed by atoms with E-state index in [0.717, 1.165) is 25.7 Å². The van der Waals surface area contributed by atoms with Crippen LogP contribution in [0.3, 0.4) is 0 Å². The van der Waals surface area contributed by atoms with Gasteiger partial charge >= 0.3 is 0 Å². The molecular formula is C27H27ClFN3O3S. The molecule has 3 aromatic carbocycles. The quantitative estimate of drug-likeness (QED) is 0.199. The molecule has 9 heteroatoms. The highest BCUT2D eigenvalue weighted by atomic mass is 35.5. The molecule has 0 bridgehead atoms. The molecule has 0 heterocycles. The molecule has 0 atom stereocenters. The third-order valence-corrected chi connectivity index (χ3v) is 5.67. The maximum absolute atomic E-state index is 13.3. The van der Waals surface area contributed by atoms with Crippen molar-refractivity contribution in [3.8, 4) is 5.75 Å². The number of halogens is 2. The lowest BCUT2D eigenvalue weighted by Gasteiger charge is -2.13. The zero-order valence-corrected chi connectivity index (χ0v) is 21.3. The number of ether oxygens (including phenoxy) is 1. The summed E-state index contributed by atoms with van der Waals surface area (Å²) in [6, 6.07) is 17.5. The highest BCUT2D eigenvalue weighted by Gasteiger charge is 2.14. The van der Waals surface area contributed by atoms with Gasteiger partial charge in [0, 0.05) is 16.9 Å². The van der Waals surface area contributed by atoms with E-state index < -0.39 is 17.6 Å². The molecule has 3 rings (SSSR count). The molecule has 0 aromatic heterocycles. The van der Waals surface area contributed by atoms with E-state index in [2.05, 4.69) is 22.9 Å². The number of para-hydroxylation sites is 1. The standard InChI is InChI=1S/C27H27ClFN3O3S/c1-2-3-4-7-15-35-24-12-6-5-11-21(24)26(34)32-27(36)31-19-10-8-9-18(16-19)25(33)30-20-13-14-23(29)22(28)17-20/h5-6,8-14,16-17H,2-4,7,15H2,1H3,(H,30,33)(H2,31,32,34,36). The van der Waals surface area contributed by atoms with Gasteiger partial charge in [-0.3, -0.25) is 14.9 Å². The Balaban J connectivity index is 1.58. The summed E-state index contributed by atoms with van der Waals surface area (Å²) < 4.78 is 19.2. The number of anilines is 2. The second-order valence-corrected chi connectivity index (χ2v) is 8.79. The van der Waals surface area contributed by atoms with Gasteiger partial charge in [0.25, 0.3) is 11.8 Å². The first kappa shape index (κ1) is 27.1. The van der Waals surface area contributed by atoms with E-state index >= 15 is 0 Å². The Morgan fingerprint density at radius 1 is 0.917 bits per heavy atom. The third-order valence-electron chi connectivity index (χ3n) is 5.17. The third kappa shape index (κ3) is 8.03. The highest BCUT2D eigenvalue weighted by molar-refractivity contribution is 7.80. The van der Waals surface area contributed by atoms with E-state index in [-0.39, 0.29) is 10.1 Å². The second kappa shape index (κ2) is 13.6. The summed E-state index contributed by atoms with van der Waals surface area (Å²) in [5.74, 6) is -0.897. The van der Waals surface area contributed by atoms with Gasteiger partial charge in [0.05, 0.1) is 17.2 Å². The SMILES string of the molecule is CCCCCCOc1ccccc1C(=O)NC(=S)Nc1cccc(C(=O)Nc2ccc(F)c(Cl)c2)c1. The Kier molecular flexibility index (Phi) is 10.2. The fourth-order valence-corrected chi connectivity index (χ4v) is 3.73. The molecule has 0 spiro atoms. The van der Waals surface area contributed by atoms with Crippen LogP contribution in [0, 0.1) is 5.82 Å². The number of carbonyl (C=O) groups excluding carboxylic acids is 2. The van der Waals surface area contributed by atoms with Crippen molar-refractivity contribution in [2.45, 2.75) is 32.6 Å². The molecular weight excluding hydrogens is 501 g/mol. The summed E-state index contributed by atoms with van der Waals surface area (Å²) in [4.78, 5) is 25.4. The Morgan fingerprint density at radius 3 is 2.47 bits per heavy atom. The average Bonchev–Trinajstić information content (AvgIpc) is 2.86. The number of hydrogen-bond donors (Lipinski definition) is 3. The molecule has 0 fully saturated rings. The Morgan fingerprint density at radius 2 is 1.69 bits per heavy atom. The van der Waals surface area contributed by atoms with Crippen molar-refractivity contribution in [1.29, 1.82) is 0 Å². The maximum Gasteiger partial charge on any atom is 0.261 e. The van der Waals surface area contributed by atoms with Gasteiger partial charge in [0.15, 0.2) is 5.11 Å². The molecule has 0 unspecified atom stereocenters. The van der Waals surface area contributed by atoms with Crippen molar-refractivity contribution < 1.29 is 18.7 Å². The number of nitrogens with one attached hydrogen (secondary N) is 3. The number of hydrogen-bond acceptors (Lipinski definition) is 4. The van der Waals surface area contributed by atoms with Crippen LogP contribution in [0.5, 0.6) is 5.75 Å². The van der Waals surface area contributed by atoms with Crippen LogP contribution in [0.4, 0.5) is 15.8 Å². The summed E-state index contributed by atoms with van der Waals surface area (Å²) >= 11 is 11.1. The van der Waals surface area contributed by atoms with Crippen LogP contribution in [0.15, 0.2) is 66.7 Å². The Bertz CT molecular complexity index is 1240. The summed E-state index contributed by atoms with van der Waals surface area (Å²) in [5.41, 5.74) is 1.57. The van der Waals surface area contributed by atoms with Crippen LogP contribution in [0.2, 0.25) is 5.02 Å². The number of rotatable bonds is 10. The zero-order chi connectivity index (χ0) is 25.9. The van der Waals surface area contributed by atoms with Crippen LogP contribution in [-0.4, -0.2) is 23.5 Å². The van der Waals surface area contributed by atoms with Gasteiger partial charge in [-0.15, -0.1) is 0 Å². The Hall–Kier alpha value is -3.49. The van der Waals surface area contributed by atoms with E-state index in [1.165, 1.54) is 18.2 Å². The first-order chi connectivity index (χ1) is 17.4. The average molecular weight is 528 g/mol. The highest BCUT2D eigenvalue weighted by Crippen LogP contribution is 2.21. The van der Waals surface area contributed by atoms with E-state index in [1.54, 1.807) is 42.5 Å². The topological polar surface area (TPSA) is 79.5 Å². The van der Waals surface area contributed by atoms with Crippen molar-refractivity contribution in [2.24, 2.45) is 0 Å². The fraction of sp³-hybridized carbons (Fsp3) is 0.222. The van der Waals surface area contributed by atoms with Gasteiger partial charge < -0.3 is 15.4 Å². The molecule has 0 saturated heterocycles. The van der Waals surface area contributed by atoms with Crippen molar-refractivity contribution in [1.82, 2.24) is 5.32 Å². The van der Waals surface area contributed by atoms with Crippen LogP contribution in [0.1, 0.15) is 53.3 Å². The minimum Gasteiger partial charge on any atom is -0.493 e. The Labute approximate surface area is 220 Å². The molecule has 3 N–H and O–H groups in total. The molecule has 2 amide bonds. The van der Waals surface area contributed by atoms with Gasteiger partial charge in [-0.1, -0.05) is 56.0 Å². The van der Waals surface area contributed by atoms with Crippen LogP contribution < -0.4 is 20.7 Å². The molecule has 0 aliphatic heterocycles. The summed E-state index contributed by atoms with van der Waals surface area (Å²) in [5, 5.41) is 8.20. The van der Waals surface area contributed by atoms with E-state index in [1.807, 2.05) is 6.07 Å². The van der Waals surface area contributed by atoms with Gasteiger partial charge in [-0.25, -0.2) is 4.39 Å². The van der Waals surface area contributed by atoms with Gasteiger partial charge in [0.1, 0.15) is 11.6 Å².